The Morgan fingerprint density at radius 2 is 2.00 bits per heavy atom. The van der Waals surface area contributed by atoms with Gasteiger partial charge in [0.1, 0.15) is 0 Å². The van der Waals surface area contributed by atoms with Crippen molar-refractivity contribution >= 4 is 5.91 Å². The van der Waals surface area contributed by atoms with Gasteiger partial charge in [0, 0.05) is 12.0 Å². The maximum absolute atomic E-state index is 11.9. The van der Waals surface area contributed by atoms with E-state index in [0.29, 0.717) is 13.0 Å². The summed E-state index contributed by atoms with van der Waals surface area (Å²) in [5.41, 5.74) is 5.77. The lowest BCUT2D eigenvalue weighted by molar-refractivity contribution is -0.124. The lowest BCUT2D eigenvalue weighted by atomic mass is 9.75. The molecule has 3 N–H and O–H groups in total. The molecule has 0 radical (unpaired) electrons. The first-order valence-corrected chi connectivity index (χ1v) is 6.65. The van der Waals surface area contributed by atoms with Crippen molar-refractivity contribution < 1.29 is 9.53 Å². The molecule has 2 rings (SSSR count). The molecule has 17 heavy (non-hydrogen) atoms. The average molecular weight is 240 g/mol. The number of hydrogen-bond donors (Lipinski definition) is 2. The van der Waals surface area contributed by atoms with Crippen LogP contribution in [0.1, 0.15) is 52.4 Å². The van der Waals surface area contributed by atoms with Crippen LogP contribution in [0.5, 0.6) is 0 Å². The van der Waals surface area contributed by atoms with E-state index in [-0.39, 0.29) is 23.1 Å². The molecule has 98 valence electrons. The van der Waals surface area contributed by atoms with Gasteiger partial charge in [-0.2, -0.15) is 0 Å². The largest absolute Gasteiger partial charge is 0.376 e. The Kier molecular flexibility index (Phi) is 3.46. The van der Waals surface area contributed by atoms with Crippen LogP contribution in [0.25, 0.3) is 0 Å². The molecule has 2 aliphatic carbocycles. The zero-order valence-corrected chi connectivity index (χ0v) is 10.9. The van der Waals surface area contributed by atoms with Crippen molar-refractivity contribution in [3.63, 3.8) is 0 Å². The van der Waals surface area contributed by atoms with Crippen LogP contribution < -0.4 is 11.1 Å². The second-order valence-electron chi connectivity index (χ2n) is 6.08. The molecule has 4 heteroatoms. The zero-order chi connectivity index (χ0) is 12.5. The number of nitrogens with two attached hydrogens (primary N) is 1. The number of carbonyl (C=O) groups excluding carboxylic acids is 1. The van der Waals surface area contributed by atoms with E-state index in [9.17, 15) is 4.79 Å². The quantitative estimate of drug-likeness (QED) is 0.736. The predicted molar refractivity (Wildman–Crippen MR) is 66.6 cm³/mol. The highest BCUT2D eigenvalue weighted by atomic mass is 16.5. The molecule has 0 aromatic heterocycles. The number of carbonyl (C=O) groups is 1. The van der Waals surface area contributed by atoms with Gasteiger partial charge >= 0.3 is 0 Å². The van der Waals surface area contributed by atoms with E-state index in [4.69, 9.17) is 10.5 Å². The molecule has 1 amide bonds. The van der Waals surface area contributed by atoms with Gasteiger partial charge in [-0.25, -0.2) is 0 Å². The predicted octanol–water partition coefficient (Wildman–Crippen LogP) is 1.33. The van der Waals surface area contributed by atoms with Crippen LogP contribution in [0.15, 0.2) is 0 Å². The fourth-order valence-corrected chi connectivity index (χ4v) is 2.25. The third-order valence-electron chi connectivity index (χ3n) is 3.81. The van der Waals surface area contributed by atoms with Crippen molar-refractivity contribution in [1.82, 2.24) is 5.32 Å². The molecule has 0 bridgehead atoms. The normalized spacial score (nSPS) is 24.2. The van der Waals surface area contributed by atoms with Crippen molar-refractivity contribution in [1.29, 1.82) is 0 Å². The van der Waals surface area contributed by atoms with Gasteiger partial charge in [0.2, 0.25) is 5.91 Å². The molecule has 0 spiro atoms. The fourth-order valence-electron chi connectivity index (χ4n) is 2.25. The smallest absolute Gasteiger partial charge is 0.222 e. The summed E-state index contributed by atoms with van der Waals surface area (Å²) in [6, 6.07) is 0. The van der Waals surface area contributed by atoms with Gasteiger partial charge in [-0.15, -0.1) is 0 Å². The Labute approximate surface area is 103 Å². The minimum Gasteiger partial charge on any atom is -0.376 e. The Morgan fingerprint density at radius 1 is 1.35 bits per heavy atom. The molecule has 0 aromatic carbocycles. The van der Waals surface area contributed by atoms with Crippen molar-refractivity contribution in [2.45, 2.75) is 69.6 Å². The summed E-state index contributed by atoms with van der Waals surface area (Å²) in [4.78, 5) is 11.9. The van der Waals surface area contributed by atoms with Crippen molar-refractivity contribution in [2.75, 3.05) is 6.61 Å². The summed E-state index contributed by atoms with van der Waals surface area (Å²) in [5, 5.41) is 3.10. The van der Waals surface area contributed by atoms with E-state index >= 15 is 0 Å². The van der Waals surface area contributed by atoms with Crippen LogP contribution in [0.4, 0.5) is 0 Å². The monoisotopic (exact) mass is 240 g/mol. The molecule has 0 atom stereocenters. The molecular formula is C13H24N2O2. The third-order valence-corrected chi connectivity index (χ3v) is 3.81. The molecular weight excluding hydrogens is 216 g/mol. The Balaban J connectivity index is 1.74. The van der Waals surface area contributed by atoms with Crippen LogP contribution in [-0.2, 0) is 9.53 Å². The number of nitrogens with one attached hydrogen (secondary N) is 1. The Hall–Kier alpha value is -0.610. The molecule has 4 nitrogen and oxygen atoms in total. The van der Waals surface area contributed by atoms with Crippen LogP contribution in [0, 0.1) is 0 Å². The second kappa shape index (κ2) is 4.58. The van der Waals surface area contributed by atoms with Gasteiger partial charge < -0.3 is 15.8 Å². The van der Waals surface area contributed by atoms with Gasteiger partial charge in [-0.3, -0.25) is 4.79 Å². The number of hydrogen-bond acceptors (Lipinski definition) is 3. The van der Waals surface area contributed by atoms with Crippen molar-refractivity contribution in [3.05, 3.63) is 0 Å². The second-order valence-corrected chi connectivity index (χ2v) is 6.08. The first-order valence-electron chi connectivity index (χ1n) is 6.65. The number of amides is 1. The van der Waals surface area contributed by atoms with E-state index in [0.717, 1.165) is 32.1 Å². The highest BCUT2D eigenvalue weighted by Crippen LogP contribution is 2.37. The maximum atomic E-state index is 11.9. The molecule has 2 saturated carbocycles. The topological polar surface area (TPSA) is 64.3 Å². The van der Waals surface area contributed by atoms with E-state index in [1.165, 1.54) is 0 Å². The fraction of sp³-hybridized carbons (Fsp3) is 0.923. The SMILES string of the molecule is CC(C)OCC1(NC(=O)CC2(N)CCC2)CC1. The van der Waals surface area contributed by atoms with Gasteiger partial charge in [0.25, 0.3) is 0 Å². The molecule has 2 fully saturated rings. The van der Waals surface area contributed by atoms with Gasteiger partial charge in [-0.05, 0) is 46.0 Å². The van der Waals surface area contributed by atoms with Crippen LogP contribution in [0.3, 0.4) is 0 Å². The molecule has 0 heterocycles. The molecule has 0 aliphatic heterocycles. The van der Waals surface area contributed by atoms with Crippen LogP contribution in [0.2, 0.25) is 0 Å². The highest BCUT2D eigenvalue weighted by molar-refractivity contribution is 5.78. The summed E-state index contributed by atoms with van der Waals surface area (Å²) in [6.07, 6.45) is 5.87. The summed E-state index contributed by atoms with van der Waals surface area (Å²) >= 11 is 0. The van der Waals surface area contributed by atoms with E-state index in [2.05, 4.69) is 5.32 Å². The minimum absolute atomic E-state index is 0.0819. The van der Waals surface area contributed by atoms with E-state index < -0.39 is 0 Å². The third kappa shape index (κ3) is 3.42. The summed E-state index contributed by atoms with van der Waals surface area (Å²) in [7, 11) is 0. The first-order chi connectivity index (χ1) is 7.93. The Morgan fingerprint density at radius 3 is 2.41 bits per heavy atom. The van der Waals surface area contributed by atoms with E-state index in [1.807, 2.05) is 13.8 Å². The minimum atomic E-state index is -0.223. The molecule has 0 unspecified atom stereocenters. The van der Waals surface area contributed by atoms with Gasteiger partial charge in [0.15, 0.2) is 0 Å². The number of ether oxygens (including phenoxy) is 1. The molecule has 0 aromatic rings. The standard InChI is InChI=1S/C13H24N2O2/c1-10(2)17-9-13(6-7-13)15-11(16)8-12(14)4-3-5-12/h10H,3-9,14H2,1-2H3,(H,15,16). The van der Waals surface area contributed by atoms with Crippen LogP contribution in [-0.4, -0.2) is 29.7 Å². The summed E-state index contributed by atoms with van der Waals surface area (Å²) in [6.45, 7) is 4.66. The maximum Gasteiger partial charge on any atom is 0.222 e. The van der Waals surface area contributed by atoms with Gasteiger partial charge in [0.05, 0.1) is 18.2 Å². The summed E-state index contributed by atoms with van der Waals surface area (Å²) < 4.78 is 5.59. The van der Waals surface area contributed by atoms with Crippen LogP contribution >= 0.6 is 0 Å². The van der Waals surface area contributed by atoms with Gasteiger partial charge in [-0.1, -0.05) is 0 Å². The average Bonchev–Trinajstić information content (AvgIpc) is 2.93. The lowest BCUT2D eigenvalue weighted by Crippen LogP contribution is -2.52. The Bertz CT molecular complexity index is 294. The highest BCUT2D eigenvalue weighted by Gasteiger charge is 2.45. The van der Waals surface area contributed by atoms with E-state index in [1.54, 1.807) is 0 Å². The molecule has 2 aliphatic rings. The van der Waals surface area contributed by atoms with Crippen molar-refractivity contribution in [3.8, 4) is 0 Å². The summed E-state index contributed by atoms with van der Waals surface area (Å²) in [5.74, 6) is 0.0945. The number of rotatable bonds is 6. The first kappa shape index (κ1) is 12.8. The lowest BCUT2D eigenvalue weighted by Gasteiger charge is -2.37. The van der Waals surface area contributed by atoms with Crippen molar-refractivity contribution in [2.24, 2.45) is 5.73 Å². The zero-order valence-electron chi connectivity index (χ0n) is 10.9. The molecule has 0 saturated heterocycles.